The van der Waals surface area contributed by atoms with Gasteiger partial charge in [-0.25, -0.2) is 9.59 Å². The fourth-order valence-corrected chi connectivity index (χ4v) is 2.71. The summed E-state index contributed by atoms with van der Waals surface area (Å²) in [4.78, 5) is 37.5. The number of benzene rings is 2. The first-order valence-electron chi connectivity index (χ1n) is 8.52. The van der Waals surface area contributed by atoms with Crippen LogP contribution in [0, 0.1) is 0 Å². The molecular formula is C20H19NO6. The Balaban J connectivity index is 1.71. The number of hydrogen-bond donors (Lipinski definition) is 0. The van der Waals surface area contributed by atoms with Crippen molar-refractivity contribution in [2.75, 3.05) is 18.1 Å². The highest BCUT2D eigenvalue weighted by molar-refractivity contribution is 5.95. The predicted molar refractivity (Wildman–Crippen MR) is 96.9 cm³/mol. The average Bonchev–Trinajstić information content (AvgIpc) is 2.67. The summed E-state index contributed by atoms with van der Waals surface area (Å²) in [6.45, 7) is 3.49. The molecule has 0 saturated heterocycles. The number of amides is 1. The van der Waals surface area contributed by atoms with Gasteiger partial charge in [0.1, 0.15) is 11.5 Å². The van der Waals surface area contributed by atoms with E-state index in [1.807, 2.05) is 0 Å². The minimum Gasteiger partial charge on any atom is -0.475 e. The third-order valence-corrected chi connectivity index (χ3v) is 4.00. The standard InChI is InChI=1S/C20H19NO6/c1-3-25-19(23)14-8-10-15(11-9-14)26-20(24)18-12-21(13(2)22)16-6-4-5-7-17(16)27-18/h4-11,18H,3,12H2,1-2H3/t18-/m0/s1. The van der Waals surface area contributed by atoms with Gasteiger partial charge in [0.15, 0.2) is 0 Å². The van der Waals surface area contributed by atoms with Crippen molar-refractivity contribution < 1.29 is 28.6 Å². The fraction of sp³-hybridized carbons (Fsp3) is 0.250. The summed E-state index contributed by atoms with van der Waals surface area (Å²) in [7, 11) is 0. The van der Waals surface area contributed by atoms with Gasteiger partial charge >= 0.3 is 11.9 Å². The van der Waals surface area contributed by atoms with Crippen molar-refractivity contribution in [3.63, 3.8) is 0 Å². The van der Waals surface area contributed by atoms with Crippen molar-refractivity contribution >= 4 is 23.5 Å². The first-order valence-corrected chi connectivity index (χ1v) is 8.52. The lowest BCUT2D eigenvalue weighted by Crippen LogP contribution is -2.47. The van der Waals surface area contributed by atoms with Crippen LogP contribution in [0.15, 0.2) is 48.5 Å². The van der Waals surface area contributed by atoms with Gasteiger partial charge in [-0.15, -0.1) is 0 Å². The Labute approximate surface area is 156 Å². The summed E-state index contributed by atoms with van der Waals surface area (Å²) in [5, 5.41) is 0. The normalized spacial score (nSPS) is 15.3. The average molecular weight is 369 g/mol. The molecule has 0 bridgehead atoms. The van der Waals surface area contributed by atoms with Crippen LogP contribution in [0.25, 0.3) is 0 Å². The summed E-state index contributed by atoms with van der Waals surface area (Å²) >= 11 is 0. The summed E-state index contributed by atoms with van der Waals surface area (Å²) in [6.07, 6.45) is -0.950. The lowest BCUT2D eigenvalue weighted by atomic mass is 10.2. The second kappa shape index (κ2) is 7.90. The molecule has 140 valence electrons. The molecule has 1 amide bonds. The Hall–Kier alpha value is -3.35. The summed E-state index contributed by atoms with van der Waals surface area (Å²) in [6, 6.07) is 13.0. The van der Waals surface area contributed by atoms with Crippen LogP contribution >= 0.6 is 0 Å². The van der Waals surface area contributed by atoms with Crippen molar-refractivity contribution in [3.05, 3.63) is 54.1 Å². The van der Waals surface area contributed by atoms with E-state index in [2.05, 4.69) is 0 Å². The molecule has 7 nitrogen and oxygen atoms in total. The molecular weight excluding hydrogens is 350 g/mol. The van der Waals surface area contributed by atoms with E-state index in [1.54, 1.807) is 31.2 Å². The summed E-state index contributed by atoms with van der Waals surface area (Å²) < 4.78 is 15.9. The molecule has 0 fully saturated rings. The minimum atomic E-state index is -0.950. The molecule has 27 heavy (non-hydrogen) atoms. The molecule has 0 N–H and O–H groups in total. The van der Waals surface area contributed by atoms with Crippen LogP contribution in [0.5, 0.6) is 11.5 Å². The lowest BCUT2D eigenvalue weighted by molar-refractivity contribution is -0.142. The number of ether oxygens (including phenoxy) is 3. The van der Waals surface area contributed by atoms with Crippen molar-refractivity contribution in [3.8, 4) is 11.5 Å². The third kappa shape index (κ3) is 4.08. The van der Waals surface area contributed by atoms with E-state index in [0.29, 0.717) is 17.0 Å². The molecule has 0 unspecified atom stereocenters. The van der Waals surface area contributed by atoms with Crippen LogP contribution < -0.4 is 14.4 Å². The van der Waals surface area contributed by atoms with E-state index < -0.39 is 18.0 Å². The smallest absolute Gasteiger partial charge is 0.354 e. The Morgan fingerprint density at radius 1 is 1.11 bits per heavy atom. The Morgan fingerprint density at radius 3 is 2.48 bits per heavy atom. The van der Waals surface area contributed by atoms with Crippen LogP contribution in [-0.2, 0) is 14.3 Å². The number of carbonyl (C=O) groups excluding carboxylic acids is 3. The highest BCUT2D eigenvalue weighted by Gasteiger charge is 2.33. The molecule has 0 saturated carbocycles. The van der Waals surface area contributed by atoms with Gasteiger partial charge in [0.25, 0.3) is 0 Å². The first kappa shape index (κ1) is 18.4. The van der Waals surface area contributed by atoms with E-state index in [0.717, 1.165) is 0 Å². The Kier molecular flexibility index (Phi) is 5.40. The van der Waals surface area contributed by atoms with E-state index in [-0.39, 0.29) is 24.8 Å². The van der Waals surface area contributed by atoms with Crippen LogP contribution in [0.2, 0.25) is 0 Å². The van der Waals surface area contributed by atoms with Crippen LogP contribution in [0.4, 0.5) is 5.69 Å². The maximum atomic E-state index is 12.5. The Morgan fingerprint density at radius 2 is 1.81 bits per heavy atom. The van der Waals surface area contributed by atoms with Gasteiger partial charge in [0.05, 0.1) is 24.4 Å². The van der Waals surface area contributed by atoms with E-state index in [4.69, 9.17) is 14.2 Å². The molecule has 0 aromatic heterocycles. The van der Waals surface area contributed by atoms with Crippen molar-refractivity contribution in [1.29, 1.82) is 0 Å². The van der Waals surface area contributed by atoms with Crippen molar-refractivity contribution in [2.24, 2.45) is 0 Å². The monoisotopic (exact) mass is 369 g/mol. The van der Waals surface area contributed by atoms with Crippen LogP contribution in [-0.4, -0.2) is 37.1 Å². The molecule has 1 aliphatic rings. The second-order valence-electron chi connectivity index (χ2n) is 5.87. The zero-order valence-corrected chi connectivity index (χ0v) is 15.0. The molecule has 1 heterocycles. The summed E-state index contributed by atoms with van der Waals surface area (Å²) in [5.41, 5.74) is 0.982. The van der Waals surface area contributed by atoms with Crippen LogP contribution in [0.1, 0.15) is 24.2 Å². The number of hydrogen-bond acceptors (Lipinski definition) is 6. The lowest BCUT2D eigenvalue weighted by Gasteiger charge is -2.33. The molecule has 2 aromatic carbocycles. The van der Waals surface area contributed by atoms with Gasteiger partial charge in [-0.3, -0.25) is 4.79 Å². The van der Waals surface area contributed by atoms with E-state index >= 15 is 0 Å². The topological polar surface area (TPSA) is 82.1 Å². The zero-order chi connectivity index (χ0) is 19.4. The highest BCUT2D eigenvalue weighted by atomic mass is 16.6. The number of anilines is 1. The molecule has 1 aliphatic heterocycles. The van der Waals surface area contributed by atoms with E-state index in [1.165, 1.54) is 36.1 Å². The SMILES string of the molecule is CCOC(=O)c1ccc(OC(=O)[C@@H]2CN(C(C)=O)c3ccccc3O2)cc1. The molecule has 0 spiro atoms. The largest absolute Gasteiger partial charge is 0.475 e. The fourth-order valence-electron chi connectivity index (χ4n) is 2.71. The van der Waals surface area contributed by atoms with Crippen molar-refractivity contribution in [2.45, 2.75) is 20.0 Å². The van der Waals surface area contributed by atoms with Gasteiger partial charge < -0.3 is 19.1 Å². The highest BCUT2D eigenvalue weighted by Crippen LogP contribution is 2.33. The summed E-state index contributed by atoms with van der Waals surface area (Å²) in [5.74, 6) is -0.551. The molecule has 7 heteroatoms. The second-order valence-corrected chi connectivity index (χ2v) is 5.87. The van der Waals surface area contributed by atoms with Crippen LogP contribution in [0.3, 0.4) is 0 Å². The van der Waals surface area contributed by atoms with E-state index in [9.17, 15) is 14.4 Å². The maximum absolute atomic E-state index is 12.5. The number of rotatable bonds is 4. The van der Waals surface area contributed by atoms with Gasteiger partial charge in [-0.1, -0.05) is 12.1 Å². The number of esters is 2. The molecule has 0 radical (unpaired) electrons. The molecule has 0 aliphatic carbocycles. The third-order valence-electron chi connectivity index (χ3n) is 4.00. The number of nitrogens with zero attached hydrogens (tertiary/aromatic N) is 1. The number of fused-ring (bicyclic) bond motifs is 1. The Bertz CT molecular complexity index is 861. The minimum absolute atomic E-state index is 0.0616. The van der Waals surface area contributed by atoms with Gasteiger partial charge in [-0.05, 0) is 43.3 Å². The van der Waals surface area contributed by atoms with Crippen molar-refractivity contribution in [1.82, 2.24) is 0 Å². The van der Waals surface area contributed by atoms with Gasteiger partial charge in [0.2, 0.25) is 12.0 Å². The van der Waals surface area contributed by atoms with Gasteiger partial charge in [-0.2, -0.15) is 0 Å². The number of para-hydroxylation sites is 2. The zero-order valence-electron chi connectivity index (χ0n) is 15.0. The maximum Gasteiger partial charge on any atom is 0.354 e. The number of carbonyl (C=O) groups is 3. The predicted octanol–water partition coefficient (Wildman–Crippen LogP) is 2.58. The quantitative estimate of drug-likeness (QED) is 0.609. The van der Waals surface area contributed by atoms with Gasteiger partial charge in [0, 0.05) is 6.92 Å². The molecule has 2 aromatic rings. The first-order chi connectivity index (χ1) is 13.0. The molecule has 1 atom stereocenters. The molecule has 3 rings (SSSR count).